The third kappa shape index (κ3) is 3.39. The lowest BCUT2D eigenvalue weighted by molar-refractivity contribution is 0.0311. The van der Waals surface area contributed by atoms with Gasteiger partial charge in [-0.05, 0) is 48.9 Å². The zero-order valence-electron chi connectivity index (χ0n) is 11.9. The molecule has 0 heterocycles. The van der Waals surface area contributed by atoms with Gasteiger partial charge in [0, 0.05) is 5.02 Å². The topological polar surface area (TPSA) is 29.5 Å². The monoisotopic (exact) mass is 302 g/mol. The van der Waals surface area contributed by atoms with Gasteiger partial charge in [0.05, 0.1) is 6.10 Å². The van der Waals surface area contributed by atoms with Crippen molar-refractivity contribution >= 4 is 11.6 Å². The second-order valence-electron chi connectivity index (χ2n) is 5.69. The maximum absolute atomic E-state index is 10.5. The lowest BCUT2D eigenvalue weighted by Crippen LogP contribution is -2.31. The van der Waals surface area contributed by atoms with Crippen molar-refractivity contribution in [1.29, 1.82) is 0 Å². The Hall–Kier alpha value is -1.51. The molecular weight excluding hydrogens is 284 g/mol. The predicted octanol–water partition coefficient (Wildman–Crippen LogP) is 4.27. The molecular formula is C18H19ClO2. The van der Waals surface area contributed by atoms with Gasteiger partial charge in [0.1, 0.15) is 11.9 Å². The van der Waals surface area contributed by atoms with Gasteiger partial charge < -0.3 is 9.84 Å². The molecule has 0 saturated heterocycles. The van der Waals surface area contributed by atoms with Gasteiger partial charge in [0.2, 0.25) is 0 Å². The zero-order valence-corrected chi connectivity index (χ0v) is 12.7. The highest BCUT2D eigenvalue weighted by atomic mass is 35.5. The fourth-order valence-corrected chi connectivity index (χ4v) is 3.03. The first-order valence-electron chi connectivity index (χ1n) is 7.30. The first-order chi connectivity index (χ1) is 10.1. The van der Waals surface area contributed by atoms with Gasteiger partial charge in [-0.15, -0.1) is 0 Å². The molecule has 0 amide bonds. The van der Waals surface area contributed by atoms with Crippen molar-refractivity contribution in [2.75, 3.05) is 0 Å². The summed E-state index contributed by atoms with van der Waals surface area (Å²) in [5.41, 5.74) is 1.30. The van der Waals surface area contributed by atoms with Crippen LogP contribution in [0, 0.1) is 5.92 Å². The third-order valence-electron chi connectivity index (χ3n) is 4.11. The normalized spacial score (nSPS) is 23.4. The van der Waals surface area contributed by atoms with Crippen LogP contribution in [0.4, 0.5) is 0 Å². The van der Waals surface area contributed by atoms with Crippen LogP contribution in [-0.4, -0.2) is 17.3 Å². The van der Waals surface area contributed by atoms with E-state index in [0.717, 1.165) is 6.42 Å². The molecule has 21 heavy (non-hydrogen) atoms. The van der Waals surface area contributed by atoms with E-state index in [-0.39, 0.29) is 12.0 Å². The number of aliphatic hydroxyl groups excluding tert-OH is 1. The fraction of sp³-hybridized carbons (Fsp3) is 0.333. The molecule has 0 aromatic heterocycles. The van der Waals surface area contributed by atoms with Crippen LogP contribution in [0.1, 0.15) is 24.8 Å². The average molecular weight is 303 g/mol. The highest BCUT2D eigenvalue weighted by molar-refractivity contribution is 6.30. The van der Waals surface area contributed by atoms with Gasteiger partial charge in [0.25, 0.3) is 0 Å². The van der Waals surface area contributed by atoms with Crippen LogP contribution in [0.15, 0.2) is 54.6 Å². The van der Waals surface area contributed by atoms with Crippen LogP contribution in [0.2, 0.25) is 5.02 Å². The maximum Gasteiger partial charge on any atom is 0.122 e. The van der Waals surface area contributed by atoms with E-state index >= 15 is 0 Å². The van der Waals surface area contributed by atoms with Crippen molar-refractivity contribution in [3.63, 3.8) is 0 Å². The Morgan fingerprint density at radius 2 is 1.90 bits per heavy atom. The molecule has 2 aromatic carbocycles. The number of hydrogen-bond acceptors (Lipinski definition) is 2. The molecule has 0 radical (unpaired) electrons. The second kappa shape index (κ2) is 6.08. The van der Waals surface area contributed by atoms with Crippen molar-refractivity contribution in [3.05, 3.63) is 65.2 Å². The quantitative estimate of drug-likeness (QED) is 0.893. The summed E-state index contributed by atoms with van der Waals surface area (Å²) >= 11 is 5.94. The second-order valence-corrected chi connectivity index (χ2v) is 6.12. The Bertz CT molecular complexity index is 599. The summed E-state index contributed by atoms with van der Waals surface area (Å²) < 4.78 is 5.81. The Morgan fingerprint density at radius 1 is 1.14 bits per heavy atom. The molecule has 2 nitrogen and oxygen atoms in total. The van der Waals surface area contributed by atoms with Crippen LogP contribution >= 0.6 is 11.6 Å². The lowest BCUT2D eigenvalue weighted by Gasteiger charge is -2.21. The largest absolute Gasteiger partial charge is 0.488 e. The lowest BCUT2D eigenvalue weighted by atomic mass is 10.0. The molecule has 1 aliphatic rings. The van der Waals surface area contributed by atoms with E-state index in [1.54, 1.807) is 6.07 Å². The fourth-order valence-electron chi connectivity index (χ4n) is 2.85. The summed E-state index contributed by atoms with van der Waals surface area (Å²) in [6, 6.07) is 17.6. The van der Waals surface area contributed by atoms with Crippen LogP contribution in [0.5, 0.6) is 5.75 Å². The number of ether oxygens (including phenoxy) is 1. The molecule has 4 atom stereocenters. The van der Waals surface area contributed by atoms with Crippen molar-refractivity contribution in [1.82, 2.24) is 0 Å². The Labute approximate surface area is 130 Å². The Balaban J connectivity index is 1.60. The number of rotatable bonds is 5. The van der Waals surface area contributed by atoms with Crippen molar-refractivity contribution in [2.24, 2.45) is 5.92 Å². The molecule has 4 unspecified atom stereocenters. The standard InChI is InChI=1S/C18H19ClO2/c1-12(21-15-9-5-8-14(19)10-15)18(20)17-11-16(17)13-6-3-2-4-7-13/h2-10,12,16-18,20H,11H2,1H3. The minimum absolute atomic E-state index is 0.248. The molecule has 1 N–H and O–H groups in total. The SMILES string of the molecule is CC(Oc1cccc(Cl)c1)C(O)C1CC1c1ccccc1. The van der Waals surface area contributed by atoms with Crippen molar-refractivity contribution < 1.29 is 9.84 Å². The molecule has 0 spiro atoms. The van der Waals surface area contributed by atoms with Gasteiger partial charge in [-0.1, -0.05) is 48.0 Å². The summed E-state index contributed by atoms with van der Waals surface area (Å²) in [6.45, 7) is 1.91. The minimum Gasteiger partial charge on any atom is -0.488 e. The van der Waals surface area contributed by atoms with E-state index < -0.39 is 6.10 Å². The minimum atomic E-state index is -0.464. The van der Waals surface area contributed by atoms with Crippen LogP contribution in [-0.2, 0) is 0 Å². The highest BCUT2D eigenvalue weighted by Crippen LogP contribution is 2.50. The summed E-state index contributed by atoms with van der Waals surface area (Å²) in [5.74, 6) is 1.43. The summed E-state index contributed by atoms with van der Waals surface area (Å²) in [7, 11) is 0. The van der Waals surface area contributed by atoms with Crippen LogP contribution < -0.4 is 4.74 Å². The van der Waals surface area contributed by atoms with Gasteiger partial charge in [-0.25, -0.2) is 0 Å². The van der Waals surface area contributed by atoms with Gasteiger partial charge in [0.15, 0.2) is 0 Å². The van der Waals surface area contributed by atoms with E-state index in [2.05, 4.69) is 12.1 Å². The molecule has 0 bridgehead atoms. The maximum atomic E-state index is 10.5. The van der Waals surface area contributed by atoms with E-state index in [4.69, 9.17) is 16.3 Å². The van der Waals surface area contributed by atoms with E-state index in [1.165, 1.54) is 5.56 Å². The number of halogens is 1. The van der Waals surface area contributed by atoms with Gasteiger partial charge in [-0.3, -0.25) is 0 Å². The first kappa shape index (κ1) is 14.4. The molecule has 110 valence electrons. The van der Waals surface area contributed by atoms with E-state index in [0.29, 0.717) is 16.7 Å². The average Bonchev–Trinajstić information content (AvgIpc) is 3.28. The van der Waals surface area contributed by atoms with Gasteiger partial charge >= 0.3 is 0 Å². The third-order valence-corrected chi connectivity index (χ3v) is 4.34. The molecule has 1 saturated carbocycles. The first-order valence-corrected chi connectivity index (χ1v) is 7.68. The summed E-state index contributed by atoms with van der Waals surface area (Å²) in [6.07, 6.45) is 0.311. The van der Waals surface area contributed by atoms with Crippen LogP contribution in [0.3, 0.4) is 0 Å². The molecule has 3 heteroatoms. The zero-order chi connectivity index (χ0) is 14.8. The van der Waals surface area contributed by atoms with E-state index in [9.17, 15) is 5.11 Å². The number of aliphatic hydroxyl groups is 1. The van der Waals surface area contributed by atoms with Crippen molar-refractivity contribution in [2.45, 2.75) is 31.5 Å². The molecule has 3 rings (SSSR count). The Morgan fingerprint density at radius 3 is 2.62 bits per heavy atom. The summed E-state index contributed by atoms with van der Waals surface area (Å²) in [5, 5.41) is 11.1. The molecule has 0 aliphatic heterocycles. The molecule has 1 aliphatic carbocycles. The van der Waals surface area contributed by atoms with Crippen LogP contribution in [0.25, 0.3) is 0 Å². The van der Waals surface area contributed by atoms with Gasteiger partial charge in [-0.2, -0.15) is 0 Å². The summed E-state index contributed by atoms with van der Waals surface area (Å²) in [4.78, 5) is 0. The number of hydrogen-bond donors (Lipinski definition) is 1. The Kier molecular flexibility index (Phi) is 4.18. The predicted molar refractivity (Wildman–Crippen MR) is 84.8 cm³/mol. The van der Waals surface area contributed by atoms with Crippen molar-refractivity contribution in [3.8, 4) is 5.75 Å². The smallest absolute Gasteiger partial charge is 0.122 e. The molecule has 1 fully saturated rings. The molecule has 2 aromatic rings. The highest BCUT2D eigenvalue weighted by Gasteiger charge is 2.45. The number of benzene rings is 2. The van der Waals surface area contributed by atoms with E-state index in [1.807, 2.05) is 43.3 Å².